The second kappa shape index (κ2) is 15.3. The lowest BCUT2D eigenvalue weighted by Gasteiger charge is -2.35. The number of nitrogens with zero attached hydrogens (tertiary/aromatic N) is 2. The predicted octanol–water partition coefficient (Wildman–Crippen LogP) is 3.98. The third kappa shape index (κ3) is 8.72. The first kappa shape index (κ1) is 32.5. The number of pyridine rings is 1. The largest absolute Gasteiger partial charge is 0.457 e. The van der Waals surface area contributed by atoms with Crippen molar-refractivity contribution in [1.29, 1.82) is 0 Å². The Balaban J connectivity index is 1.56. The lowest BCUT2D eigenvalue weighted by atomic mass is 10.0. The van der Waals surface area contributed by atoms with Crippen LogP contribution in [0.15, 0.2) is 49.7 Å². The minimum atomic E-state index is -0.870. The highest BCUT2D eigenvalue weighted by molar-refractivity contribution is 5.92. The van der Waals surface area contributed by atoms with Gasteiger partial charge in [-0.05, 0) is 74.6 Å². The van der Waals surface area contributed by atoms with Crippen LogP contribution >= 0.6 is 0 Å². The molecule has 3 amide bonds. The number of hydrogen-bond acceptors (Lipinski definition) is 7. The Morgan fingerprint density at radius 3 is 2.57 bits per heavy atom. The van der Waals surface area contributed by atoms with Crippen molar-refractivity contribution in [1.82, 2.24) is 26.1 Å². The zero-order valence-corrected chi connectivity index (χ0v) is 25.0. The van der Waals surface area contributed by atoms with Gasteiger partial charge in [0.1, 0.15) is 24.2 Å². The molecule has 0 aliphatic carbocycles. The van der Waals surface area contributed by atoms with Gasteiger partial charge in [0.15, 0.2) is 0 Å². The van der Waals surface area contributed by atoms with Crippen LogP contribution in [-0.4, -0.2) is 58.4 Å². The molecule has 1 aromatic carbocycles. The van der Waals surface area contributed by atoms with Crippen LogP contribution in [-0.2, 0) is 23.9 Å². The molecule has 0 saturated carbocycles. The Bertz CT molecular complexity index is 1310. The van der Waals surface area contributed by atoms with Crippen molar-refractivity contribution < 1.29 is 23.9 Å². The summed E-state index contributed by atoms with van der Waals surface area (Å²) < 4.78 is 5.77. The van der Waals surface area contributed by atoms with Gasteiger partial charge in [0.2, 0.25) is 11.8 Å². The maximum atomic E-state index is 13.2. The highest BCUT2D eigenvalue weighted by Gasteiger charge is 2.33. The van der Waals surface area contributed by atoms with Crippen molar-refractivity contribution in [3.8, 4) is 0 Å². The number of esters is 1. The molecule has 3 rings (SSSR count). The Kier molecular flexibility index (Phi) is 11.8. The van der Waals surface area contributed by atoms with E-state index >= 15 is 0 Å². The van der Waals surface area contributed by atoms with Crippen LogP contribution in [0.3, 0.4) is 0 Å². The Hall–Kier alpha value is -4.05. The molecule has 42 heavy (non-hydrogen) atoms. The first-order valence-corrected chi connectivity index (χ1v) is 14.5. The second-order valence-corrected chi connectivity index (χ2v) is 11.0. The van der Waals surface area contributed by atoms with Crippen LogP contribution in [0.1, 0.15) is 77.2 Å². The number of allylic oxidation sites excluding steroid dienone is 1. The van der Waals surface area contributed by atoms with Gasteiger partial charge in [-0.3, -0.25) is 29.2 Å². The molecule has 0 radical (unpaired) electrons. The molecule has 2 aromatic rings. The van der Waals surface area contributed by atoms with Crippen molar-refractivity contribution in [2.75, 3.05) is 6.54 Å². The summed E-state index contributed by atoms with van der Waals surface area (Å²) in [5.41, 5.74) is 4.58. The van der Waals surface area contributed by atoms with E-state index in [-0.39, 0.29) is 17.7 Å². The van der Waals surface area contributed by atoms with E-state index < -0.39 is 36.1 Å². The minimum absolute atomic E-state index is 0.173. The summed E-state index contributed by atoms with van der Waals surface area (Å²) in [6.07, 6.45) is 7.45. The molecule has 1 saturated heterocycles. The topological polar surface area (TPSA) is 130 Å². The normalized spacial score (nSPS) is 17.2. The summed E-state index contributed by atoms with van der Waals surface area (Å²) in [7, 11) is 0. The summed E-state index contributed by atoms with van der Waals surface area (Å²) in [6.45, 7) is 14.8. The van der Waals surface area contributed by atoms with Crippen molar-refractivity contribution >= 4 is 40.5 Å². The molecule has 10 nitrogen and oxygen atoms in total. The highest BCUT2D eigenvalue weighted by Crippen LogP contribution is 2.24. The van der Waals surface area contributed by atoms with Gasteiger partial charge in [-0.25, -0.2) is 5.43 Å². The Morgan fingerprint density at radius 2 is 1.88 bits per heavy atom. The SMILES string of the molecule is C=CCCCC(=O)N[C@H](C(=O)N[C@@H](C)C(=O)N1CCC[C@@H](C(=O)OC(C)c2ccc3cnc(C=C)cc3c2)N1)C(C)C. The summed E-state index contributed by atoms with van der Waals surface area (Å²) in [4.78, 5) is 55.8. The average Bonchev–Trinajstić information content (AvgIpc) is 2.98. The molecule has 0 bridgehead atoms. The van der Waals surface area contributed by atoms with Gasteiger partial charge in [0, 0.05) is 24.5 Å². The summed E-state index contributed by atoms with van der Waals surface area (Å²) >= 11 is 0. The third-order valence-corrected chi connectivity index (χ3v) is 7.28. The number of carbonyl (C=O) groups is 4. The standard InChI is InChI=1S/C32H43N5O5/c1-7-9-10-13-28(38)35-29(20(3)4)30(39)34-21(5)31(40)37-16-11-12-27(36-37)32(41)42-22(6)23-14-15-24-19-33-26(8-2)18-25(24)17-23/h7-8,14-15,17-22,27,29,36H,1-2,9-13,16H2,3-6H3,(H,34,39)(H,35,38)/t21-,22?,27-,29-/m0/s1. The fraction of sp³-hybridized carbons (Fsp3) is 0.469. The lowest BCUT2D eigenvalue weighted by molar-refractivity contribution is -0.157. The number of hydrogen-bond donors (Lipinski definition) is 3. The molecule has 2 heterocycles. The van der Waals surface area contributed by atoms with Crippen molar-refractivity contribution in [2.45, 2.75) is 84.0 Å². The maximum absolute atomic E-state index is 13.2. The molecule has 3 N–H and O–H groups in total. The van der Waals surface area contributed by atoms with Crippen LogP contribution < -0.4 is 16.1 Å². The van der Waals surface area contributed by atoms with Gasteiger partial charge >= 0.3 is 5.97 Å². The molecule has 4 atom stereocenters. The van der Waals surface area contributed by atoms with Crippen molar-refractivity contribution in [2.24, 2.45) is 5.92 Å². The number of nitrogens with one attached hydrogen (secondary N) is 3. The number of amides is 3. The number of carbonyl (C=O) groups excluding carboxylic acids is 4. The molecule has 1 aliphatic heterocycles. The Labute approximate surface area is 247 Å². The molecular formula is C32H43N5O5. The van der Waals surface area contributed by atoms with Crippen LogP contribution in [0, 0.1) is 5.92 Å². The van der Waals surface area contributed by atoms with E-state index in [1.54, 1.807) is 32.2 Å². The molecule has 1 aliphatic rings. The number of ether oxygens (including phenoxy) is 1. The van der Waals surface area contributed by atoms with Gasteiger partial charge < -0.3 is 15.4 Å². The van der Waals surface area contributed by atoms with Gasteiger partial charge in [-0.15, -0.1) is 6.58 Å². The van der Waals surface area contributed by atoms with E-state index in [9.17, 15) is 19.2 Å². The zero-order chi connectivity index (χ0) is 30.8. The van der Waals surface area contributed by atoms with E-state index in [4.69, 9.17) is 4.74 Å². The predicted molar refractivity (Wildman–Crippen MR) is 163 cm³/mol. The van der Waals surface area contributed by atoms with E-state index in [1.807, 2.05) is 38.1 Å². The molecule has 1 aromatic heterocycles. The average molecular weight is 578 g/mol. The van der Waals surface area contributed by atoms with E-state index in [2.05, 4.69) is 34.2 Å². The fourth-order valence-electron chi connectivity index (χ4n) is 4.77. The van der Waals surface area contributed by atoms with Gasteiger partial charge in [-0.2, -0.15) is 0 Å². The minimum Gasteiger partial charge on any atom is -0.457 e. The van der Waals surface area contributed by atoms with Gasteiger partial charge in [0.05, 0.1) is 5.69 Å². The van der Waals surface area contributed by atoms with Gasteiger partial charge in [0.25, 0.3) is 5.91 Å². The van der Waals surface area contributed by atoms with E-state index in [0.717, 1.165) is 22.0 Å². The molecular weight excluding hydrogens is 534 g/mol. The molecule has 226 valence electrons. The molecule has 10 heteroatoms. The molecule has 1 fully saturated rings. The fourth-order valence-corrected chi connectivity index (χ4v) is 4.77. The van der Waals surface area contributed by atoms with Crippen LogP contribution in [0.4, 0.5) is 0 Å². The second-order valence-electron chi connectivity index (χ2n) is 11.0. The van der Waals surface area contributed by atoms with E-state index in [0.29, 0.717) is 38.6 Å². The summed E-state index contributed by atoms with van der Waals surface area (Å²) in [5, 5.41) is 8.80. The molecule has 1 unspecified atom stereocenters. The summed E-state index contributed by atoms with van der Waals surface area (Å²) in [5.74, 6) is -1.67. The summed E-state index contributed by atoms with van der Waals surface area (Å²) in [6, 6.07) is 5.37. The molecule has 0 spiro atoms. The van der Waals surface area contributed by atoms with Gasteiger partial charge in [-0.1, -0.05) is 38.6 Å². The first-order valence-electron chi connectivity index (χ1n) is 14.5. The van der Waals surface area contributed by atoms with Crippen molar-refractivity contribution in [3.05, 3.63) is 61.0 Å². The monoisotopic (exact) mass is 577 g/mol. The van der Waals surface area contributed by atoms with Crippen LogP contribution in [0.2, 0.25) is 0 Å². The zero-order valence-electron chi connectivity index (χ0n) is 25.0. The Morgan fingerprint density at radius 1 is 1.12 bits per heavy atom. The number of benzene rings is 1. The quantitative estimate of drug-likeness (QED) is 0.187. The number of rotatable bonds is 13. The van der Waals surface area contributed by atoms with Crippen molar-refractivity contribution in [3.63, 3.8) is 0 Å². The highest BCUT2D eigenvalue weighted by atomic mass is 16.5. The number of unbranched alkanes of at least 4 members (excludes halogenated alkanes) is 1. The van der Waals surface area contributed by atoms with Crippen LogP contribution in [0.5, 0.6) is 0 Å². The van der Waals surface area contributed by atoms with Crippen LogP contribution in [0.25, 0.3) is 16.8 Å². The smallest absolute Gasteiger partial charge is 0.325 e. The third-order valence-electron chi connectivity index (χ3n) is 7.28. The number of fused-ring (bicyclic) bond motifs is 1. The number of aromatic nitrogens is 1. The van der Waals surface area contributed by atoms with E-state index in [1.165, 1.54) is 5.01 Å². The number of hydrazine groups is 1. The maximum Gasteiger partial charge on any atom is 0.325 e. The first-order chi connectivity index (χ1) is 20.0. The lowest BCUT2D eigenvalue weighted by Crippen LogP contribution is -2.61.